The summed E-state index contributed by atoms with van der Waals surface area (Å²) in [5.41, 5.74) is 1.69. The van der Waals surface area contributed by atoms with Crippen molar-refractivity contribution in [3.8, 4) is 11.3 Å². The van der Waals surface area contributed by atoms with Crippen molar-refractivity contribution in [1.82, 2.24) is 15.3 Å². The molecule has 0 bridgehead atoms. The predicted molar refractivity (Wildman–Crippen MR) is 84.2 cm³/mol. The van der Waals surface area contributed by atoms with Crippen LogP contribution < -0.4 is 5.32 Å². The van der Waals surface area contributed by atoms with Crippen LogP contribution in [0.1, 0.15) is 16.9 Å². The van der Waals surface area contributed by atoms with Crippen LogP contribution in [0, 0.1) is 0 Å². The zero-order chi connectivity index (χ0) is 15.5. The molecular weight excluding hydrogens is 325 g/mol. The highest BCUT2D eigenvalue weighted by Crippen LogP contribution is 2.27. The molecule has 0 radical (unpaired) electrons. The summed E-state index contributed by atoms with van der Waals surface area (Å²) < 4.78 is 5.24. The van der Waals surface area contributed by atoms with Gasteiger partial charge in [-0.15, -0.1) is 0 Å². The lowest BCUT2D eigenvalue weighted by atomic mass is 10.1. The molecule has 1 unspecified atom stereocenters. The number of amides is 1. The second kappa shape index (κ2) is 6.60. The summed E-state index contributed by atoms with van der Waals surface area (Å²) >= 11 is 11.9. The Morgan fingerprint density at radius 1 is 1.23 bits per heavy atom. The quantitative estimate of drug-likeness (QED) is 0.935. The van der Waals surface area contributed by atoms with Crippen molar-refractivity contribution in [2.75, 3.05) is 13.2 Å². The highest BCUT2D eigenvalue weighted by molar-refractivity contribution is 6.42. The van der Waals surface area contributed by atoms with Gasteiger partial charge in [0.25, 0.3) is 5.91 Å². The summed E-state index contributed by atoms with van der Waals surface area (Å²) in [7, 11) is 0. The SMILES string of the molecule is O=C(NC1CCOC1)c1cc(-c2ccc(Cl)c(Cl)c2)ncn1. The first-order valence-electron chi connectivity index (χ1n) is 6.79. The molecule has 1 amide bonds. The first-order valence-corrected chi connectivity index (χ1v) is 7.55. The lowest BCUT2D eigenvalue weighted by molar-refractivity contribution is 0.0924. The van der Waals surface area contributed by atoms with Gasteiger partial charge >= 0.3 is 0 Å². The van der Waals surface area contributed by atoms with Crippen LogP contribution in [0.5, 0.6) is 0 Å². The molecule has 1 aromatic carbocycles. The third-order valence-electron chi connectivity index (χ3n) is 3.38. The first-order chi connectivity index (χ1) is 10.6. The minimum Gasteiger partial charge on any atom is -0.379 e. The highest BCUT2D eigenvalue weighted by Gasteiger charge is 2.19. The average molecular weight is 338 g/mol. The fourth-order valence-electron chi connectivity index (χ4n) is 2.20. The van der Waals surface area contributed by atoms with E-state index in [2.05, 4.69) is 15.3 Å². The molecule has 2 aromatic rings. The zero-order valence-electron chi connectivity index (χ0n) is 11.6. The van der Waals surface area contributed by atoms with Gasteiger partial charge in [-0.25, -0.2) is 9.97 Å². The molecule has 1 aromatic heterocycles. The molecular formula is C15H13Cl2N3O2. The van der Waals surface area contributed by atoms with E-state index in [1.165, 1.54) is 6.33 Å². The second-order valence-corrected chi connectivity index (χ2v) is 5.77. The minimum atomic E-state index is -0.237. The van der Waals surface area contributed by atoms with Gasteiger partial charge < -0.3 is 10.1 Å². The largest absolute Gasteiger partial charge is 0.379 e. The monoisotopic (exact) mass is 337 g/mol. The van der Waals surface area contributed by atoms with Gasteiger partial charge in [-0.05, 0) is 24.6 Å². The molecule has 7 heteroatoms. The number of halogens is 2. The summed E-state index contributed by atoms with van der Waals surface area (Å²) in [6, 6.07) is 6.86. The lowest BCUT2D eigenvalue weighted by Gasteiger charge is -2.10. The maximum absolute atomic E-state index is 12.2. The van der Waals surface area contributed by atoms with E-state index in [-0.39, 0.29) is 11.9 Å². The van der Waals surface area contributed by atoms with E-state index in [4.69, 9.17) is 27.9 Å². The van der Waals surface area contributed by atoms with Crippen molar-refractivity contribution < 1.29 is 9.53 Å². The van der Waals surface area contributed by atoms with E-state index < -0.39 is 0 Å². The Balaban J connectivity index is 1.82. The Kier molecular flexibility index (Phi) is 4.57. The van der Waals surface area contributed by atoms with Crippen LogP contribution in [0.2, 0.25) is 10.0 Å². The van der Waals surface area contributed by atoms with Crippen LogP contribution in [0.3, 0.4) is 0 Å². The third kappa shape index (κ3) is 3.38. The van der Waals surface area contributed by atoms with Gasteiger partial charge in [0.05, 0.1) is 28.4 Å². The van der Waals surface area contributed by atoms with Gasteiger partial charge in [-0.2, -0.15) is 0 Å². The van der Waals surface area contributed by atoms with Gasteiger partial charge in [0.15, 0.2) is 0 Å². The zero-order valence-corrected chi connectivity index (χ0v) is 13.1. The molecule has 0 saturated carbocycles. The van der Waals surface area contributed by atoms with E-state index in [9.17, 15) is 4.79 Å². The number of nitrogens with one attached hydrogen (secondary N) is 1. The number of carbonyl (C=O) groups is 1. The standard InChI is InChI=1S/C15H13Cl2N3O2/c16-11-2-1-9(5-12(11)17)13-6-14(19-8-18-13)15(21)20-10-3-4-22-7-10/h1-2,5-6,8,10H,3-4,7H2,(H,20,21). The number of nitrogens with zero attached hydrogens (tertiary/aromatic N) is 2. The van der Waals surface area contributed by atoms with Crippen molar-refractivity contribution in [2.45, 2.75) is 12.5 Å². The normalized spacial score (nSPS) is 17.5. The summed E-state index contributed by atoms with van der Waals surface area (Å²) in [6.07, 6.45) is 2.17. The lowest BCUT2D eigenvalue weighted by Crippen LogP contribution is -2.35. The number of hydrogen-bond donors (Lipinski definition) is 1. The minimum absolute atomic E-state index is 0.0379. The smallest absolute Gasteiger partial charge is 0.270 e. The molecule has 114 valence electrons. The molecule has 1 atom stereocenters. The van der Waals surface area contributed by atoms with E-state index in [0.29, 0.717) is 34.6 Å². The van der Waals surface area contributed by atoms with Crippen LogP contribution in [-0.2, 0) is 4.74 Å². The molecule has 22 heavy (non-hydrogen) atoms. The molecule has 3 rings (SSSR count). The van der Waals surface area contributed by atoms with Crippen LogP contribution in [0.15, 0.2) is 30.6 Å². The molecule has 1 N–H and O–H groups in total. The second-order valence-electron chi connectivity index (χ2n) is 4.95. The number of rotatable bonds is 3. The fraction of sp³-hybridized carbons (Fsp3) is 0.267. The Morgan fingerprint density at radius 2 is 2.09 bits per heavy atom. The first kappa shape index (κ1) is 15.2. The summed E-state index contributed by atoms with van der Waals surface area (Å²) in [5.74, 6) is -0.237. The van der Waals surface area contributed by atoms with E-state index in [0.717, 1.165) is 12.0 Å². The van der Waals surface area contributed by atoms with Gasteiger partial charge in [0.2, 0.25) is 0 Å². The summed E-state index contributed by atoms with van der Waals surface area (Å²) in [4.78, 5) is 20.4. The molecule has 5 nitrogen and oxygen atoms in total. The topological polar surface area (TPSA) is 64.1 Å². The maximum atomic E-state index is 12.2. The van der Waals surface area contributed by atoms with Crippen LogP contribution >= 0.6 is 23.2 Å². The highest BCUT2D eigenvalue weighted by atomic mass is 35.5. The Bertz CT molecular complexity index is 703. The Labute approximate surface area is 137 Å². The molecule has 0 spiro atoms. The van der Waals surface area contributed by atoms with Gasteiger partial charge in [-0.1, -0.05) is 29.3 Å². The van der Waals surface area contributed by atoms with Gasteiger partial charge in [0, 0.05) is 12.2 Å². The van der Waals surface area contributed by atoms with Crippen molar-refractivity contribution in [1.29, 1.82) is 0 Å². The Hall–Kier alpha value is -1.69. The number of carbonyl (C=O) groups excluding carboxylic acids is 1. The van der Waals surface area contributed by atoms with Crippen molar-refractivity contribution in [2.24, 2.45) is 0 Å². The van der Waals surface area contributed by atoms with E-state index in [1.807, 2.05) is 0 Å². The van der Waals surface area contributed by atoms with E-state index >= 15 is 0 Å². The van der Waals surface area contributed by atoms with Crippen molar-refractivity contribution >= 4 is 29.1 Å². The number of ether oxygens (including phenoxy) is 1. The van der Waals surface area contributed by atoms with Crippen LogP contribution in [0.25, 0.3) is 11.3 Å². The summed E-state index contributed by atoms with van der Waals surface area (Å²) in [5, 5.41) is 3.80. The van der Waals surface area contributed by atoms with Crippen LogP contribution in [-0.4, -0.2) is 35.1 Å². The average Bonchev–Trinajstić information content (AvgIpc) is 3.03. The van der Waals surface area contributed by atoms with Gasteiger partial charge in [-0.3, -0.25) is 4.79 Å². The third-order valence-corrected chi connectivity index (χ3v) is 4.12. The fourth-order valence-corrected chi connectivity index (χ4v) is 2.50. The van der Waals surface area contributed by atoms with Crippen LogP contribution in [0.4, 0.5) is 0 Å². The molecule has 1 saturated heterocycles. The van der Waals surface area contributed by atoms with Gasteiger partial charge in [0.1, 0.15) is 12.0 Å². The molecule has 1 aliphatic rings. The number of benzene rings is 1. The molecule has 0 aliphatic carbocycles. The van der Waals surface area contributed by atoms with Crippen molar-refractivity contribution in [3.63, 3.8) is 0 Å². The molecule has 1 aliphatic heterocycles. The molecule has 2 heterocycles. The van der Waals surface area contributed by atoms with Crippen molar-refractivity contribution in [3.05, 3.63) is 46.3 Å². The Morgan fingerprint density at radius 3 is 2.82 bits per heavy atom. The van der Waals surface area contributed by atoms with E-state index in [1.54, 1.807) is 24.3 Å². The maximum Gasteiger partial charge on any atom is 0.270 e. The number of hydrogen-bond acceptors (Lipinski definition) is 4. The molecule has 1 fully saturated rings. The summed E-state index contributed by atoms with van der Waals surface area (Å²) in [6.45, 7) is 1.21. The number of aromatic nitrogens is 2. The predicted octanol–water partition coefficient (Wildman–Crippen LogP) is 2.97.